The number of benzene rings is 1. The first-order valence-corrected chi connectivity index (χ1v) is 7.03. The van der Waals surface area contributed by atoms with Crippen LogP contribution in [-0.2, 0) is 6.54 Å². The Hall–Kier alpha value is -2.36. The van der Waals surface area contributed by atoms with E-state index in [1.807, 2.05) is 11.4 Å². The average molecular weight is 304 g/mol. The highest BCUT2D eigenvalue weighted by molar-refractivity contribution is 7.10. The third-order valence-electron chi connectivity index (χ3n) is 2.51. The van der Waals surface area contributed by atoms with Crippen LogP contribution in [0.15, 0.2) is 35.7 Å². The van der Waals surface area contributed by atoms with Crippen molar-refractivity contribution in [1.82, 2.24) is 5.32 Å². The molecule has 0 aliphatic heterocycles. The van der Waals surface area contributed by atoms with Crippen LogP contribution in [-0.4, -0.2) is 17.7 Å². The van der Waals surface area contributed by atoms with Crippen molar-refractivity contribution in [3.63, 3.8) is 0 Å². The summed E-state index contributed by atoms with van der Waals surface area (Å²) in [5.41, 5.74) is 0.927. The SMILES string of the molecule is O=C(NCc1cc(C#CCO)cs1)Nc1ccccc1F. The second-order valence-electron chi connectivity index (χ2n) is 4.05. The van der Waals surface area contributed by atoms with E-state index in [0.29, 0.717) is 6.54 Å². The van der Waals surface area contributed by atoms with Gasteiger partial charge in [-0.1, -0.05) is 24.0 Å². The third kappa shape index (κ3) is 4.60. The number of carbonyl (C=O) groups excluding carboxylic acids is 1. The van der Waals surface area contributed by atoms with E-state index < -0.39 is 11.8 Å². The molecule has 2 rings (SSSR count). The van der Waals surface area contributed by atoms with E-state index in [0.717, 1.165) is 10.4 Å². The summed E-state index contributed by atoms with van der Waals surface area (Å²) in [6, 6.07) is 7.32. The van der Waals surface area contributed by atoms with Crippen molar-refractivity contribution >= 4 is 23.1 Å². The molecular weight excluding hydrogens is 291 g/mol. The van der Waals surface area contributed by atoms with E-state index in [4.69, 9.17) is 5.11 Å². The number of anilines is 1. The number of hydrogen-bond donors (Lipinski definition) is 3. The van der Waals surface area contributed by atoms with Gasteiger partial charge in [0.25, 0.3) is 0 Å². The molecule has 4 nitrogen and oxygen atoms in total. The van der Waals surface area contributed by atoms with Gasteiger partial charge in [-0.3, -0.25) is 0 Å². The minimum absolute atomic E-state index is 0.135. The van der Waals surface area contributed by atoms with Gasteiger partial charge in [0.15, 0.2) is 0 Å². The molecule has 3 N–H and O–H groups in total. The largest absolute Gasteiger partial charge is 0.384 e. The van der Waals surface area contributed by atoms with Crippen molar-refractivity contribution in [3.8, 4) is 11.8 Å². The predicted molar refractivity (Wildman–Crippen MR) is 80.5 cm³/mol. The first-order valence-electron chi connectivity index (χ1n) is 6.15. The second-order valence-corrected chi connectivity index (χ2v) is 5.04. The topological polar surface area (TPSA) is 61.4 Å². The first kappa shape index (κ1) is 15.0. The average Bonchev–Trinajstić information content (AvgIpc) is 2.93. The summed E-state index contributed by atoms with van der Waals surface area (Å²) in [6.45, 7) is 0.139. The fourth-order valence-corrected chi connectivity index (χ4v) is 2.33. The van der Waals surface area contributed by atoms with Crippen molar-refractivity contribution in [1.29, 1.82) is 0 Å². The van der Waals surface area contributed by atoms with Crippen molar-refractivity contribution in [2.45, 2.75) is 6.54 Å². The number of rotatable bonds is 3. The molecule has 6 heteroatoms. The zero-order chi connectivity index (χ0) is 15.1. The number of aliphatic hydroxyl groups is 1. The highest BCUT2D eigenvalue weighted by atomic mass is 32.1. The van der Waals surface area contributed by atoms with Crippen molar-refractivity contribution in [3.05, 3.63) is 52.0 Å². The highest BCUT2D eigenvalue weighted by Gasteiger charge is 2.06. The molecule has 21 heavy (non-hydrogen) atoms. The quantitative estimate of drug-likeness (QED) is 0.763. The van der Waals surface area contributed by atoms with Gasteiger partial charge in [0, 0.05) is 15.8 Å². The van der Waals surface area contributed by atoms with Crippen LogP contribution in [0.2, 0.25) is 0 Å². The van der Waals surface area contributed by atoms with Crippen LogP contribution in [0.25, 0.3) is 0 Å². The summed E-state index contributed by atoms with van der Waals surface area (Å²) in [6.07, 6.45) is 0. The first-order chi connectivity index (χ1) is 10.2. The Balaban J connectivity index is 1.87. The fourth-order valence-electron chi connectivity index (χ4n) is 1.58. The smallest absolute Gasteiger partial charge is 0.319 e. The number of amides is 2. The summed E-state index contributed by atoms with van der Waals surface area (Å²) in [4.78, 5) is 12.6. The molecule has 0 radical (unpaired) electrons. The molecule has 2 aromatic rings. The molecule has 0 saturated heterocycles. The molecule has 0 spiro atoms. The molecule has 0 bridgehead atoms. The lowest BCUT2D eigenvalue weighted by Gasteiger charge is -2.07. The molecule has 0 aliphatic carbocycles. The Morgan fingerprint density at radius 2 is 2.19 bits per heavy atom. The van der Waals surface area contributed by atoms with Crippen LogP contribution in [0.1, 0.15) is 10.4 Å². The van der Waals surface area contributed by atoms with Gasteiger partial charge < -0.3 is 15.7 Å². The van der Waals surface area contributed by atoms with Crippen LogP contribution in [0.5, 0.6) is 0 Å². The fraction of sp³-hybridized carbons (Fsp3) is 0.133. The minimum atomic E-state index is -0.481. The Bertz CT molecular complexity index is 688. The van der Waals surface area contributed by atoms with E-state index >= 15 is 0 Å². The van der Waals surface area contributed by atoms with Crippen LogP contribution < -0.4 is 10.6 Å². The number of halogens is 1. The summed E-state index contributed by atoms with van der Waals surface area (Å²) < 4.78 is 13.4. The zero-order valence-corrected chi connectivity index (χ0v) is 11.8. The van der Waals surface area contributed by atoms with Gasteiger partial charge in [0.1, 0.15) is 12.4 Å². The lowest BCUT2D eigenvalue weighted by Crippen LogP contribution is -2.28. The lowest BCUT2D eigenvalue weighted by molar-refractivity contribution is 0.251. The van der Waals surface area contributed by atoms with E-state index in [2.05, 4.69) is 22.5 Å². The van der Waals surface area contributed by atoms with Crippen LogP contribution in [0, 0.1) is 17.7 Å². The van der Waals surface area contributed by atoms with Crippen LogP contribution in [0.3, 0.4) is 0 Å². The molecule has 1 aromatic carbocycles. The van der Waals surface area contributed by atoms with Gasteiger partial charge in [0.2, 0.25) is 0 Å². The van der Waals surface area contributed by atoms with Gasteiger partial charge in [0.05, 0.1) is 12.2 Å². The number of carbonyl (C=O) groups is 1. The zero-order valence-electron chi connectivity index (χ0n) is 11.0. The number of thiophene rings is 1. The number of hydrogen-bond acceptors (Lipinski definition) is 3. The van der Waals surface area contributed by atoms with Crippen molar-refractivity contribution < 1.29 is 14.3 Å². The Labute approximate surface area is 125 Å². The lowest BCUT2D eigenvalue weighted by atomic mass is 10.3. The van der Waals surface area contributed by atoms with Crippen LogP contribution >= 0.6 is 11.3 Å². The number of aliphatic hydroxyl groups excluding tert-OH is 1. The predicted octanol–water partition coefficient (Wildman–Crippen LogP) is 2.55. The van der Waals surface area contributed by atoms with E-state index in [1.165, 1.54) is 23.5 Å². The van der Waals surface area contributed by atoms with Gasteiger partial charge in [-0.15, -0.1) is 11.3 Å². The van der Waals surface area contributed by atoms with Gasteiger partial charge >= 0.3 is 6.03 Å². The van der Waals surface area contributed by atoms with Crippen LogP contribution in [0.4, 0.5) is 14.9 Å². The molecule has 0 atom stereocenters. The molecule has 0 fully saturated rings. The number of para-hydroxylation sites is 1. The molecule has 1 heterocycles. The standard InChI is InChI=1S/C15H13FN2O2S/c16-13-5-1-2-6-14(13)18-15(20)17-9-12-8-11(10-21-12)4-3-7-19/h1-2,5-6,8,10,19H,7,9H2,(H2,17,18,20). The van der Waals surface area contributed by atoms with Crippen molar-refractivity contribution in [2.75, 3.05) is 11.9 Å². The maximum atomic E-state index is 13.4. The summed E-state index contributed by atoms with van der Waals surface area (Å²) in [7, 11) is 0. The molecule has 0 saturated carbocycles. The molecule has 108 valence electrons. The number of nitrogens with one attached hydrogen (secondary N) is 2. The van der Waals surface area contributed by atoms with E-state index in [-0.39, 0.29) is 12.3 Å². The Kier molecular flexibility index (Phi) is 5.32. The highest BCUT2D eigenvalue weighted by Crippen LogP contribution is 2.14. The molecule has 2 amide bonds. The monoisotopic (exact) mass is 304 g/mol. The normalized spacial score (nSPS) is 9.62. The van der Waals surface area contributed by atoms with Gasteiger partial charge in [-0.2, -0.15) is 0 Å². The molecule has 0 unspecified atom stereocenters. The van der Waals surface area contributed by atoms with Crippen molar-refractivity contribution in [2.24, 2.45) is 0 Å². The minimum Gasteiger partial charge on any atom is -0.384 e. The molecule has 1 aromatic heterocycles. The Morgan fingerprint density at radius 1 is 1.38 bits per heavy atom. The van der Waals surface area contributed by atoms with E-state index in [1.54, 1.807) is 12.1 Å². The maximum Gasteiger partial charge on any atom is 0.319 e. The maximum absolute atomic E-state index is 13.4. The number of urea groups is 1. The second kappa shape index (κ2) is 7.43. The summed E-state index contributed by atoms with van der Waals surface area (Å²) in [5, 5.41) is 15.5. The Morgan fingerprint density at radius 3 is 2.95 bits per heavy atom. The summed E-state index contributed by atoms with van der Waals surface area (Å²) >= 11 is 1.45. The van der Waals surface area contributed by atoms with E-state index in [9.17, 15) is 9.18 Å². The molecule has 0 aliphatic rings. The molecular formula is C15H13FN2O2S. The van der Waals surface area contributed by atoms with Gasteiger partial charge in [-0.25, -0.2) is 9.18 Å². The third-order valence-corrected chi connectivity index (χ3v) is 3.45. The summed E-state index contributed by atoms with van der Waals surface area (Å²) in [5.74, 6) is 4.85. The van der Waals surface area contributed by atoms with Gasteiger partial charge in [-0.05, 0) is 18.2 Å².